The molecule has 0 atom stereocenters. The average Bonchev–Trinajstić information content (AvgIpc) is 3.37. The smallest absolute Gasteiger partial charge is 0.333 e. The van der Waals surface area contributed by atoms with Gasteiger partial charge < -0.3 is 10.6 Å². The van der Waals surface area contributed by atoms with Crippen LogP contribution in [0.1, 0.15) is 0 Å². The lowest BCUT2D eigenvalue weighted by atomic mass is 10.00. The lowest BCUT2D eigenvalue weighted by Crippen LogP contribution is -2.34. The minimum atomic E-state index is -4.06. The Bertz CT molecular complexity index is 1890. The van der Waals surface area contributed by atoms with E-state index in [2.05, 4.69) is 33.2 Å². The Hall–Kier alpha value is -3.39. The largest absolute Gasteiger partial charge is 0.388 e. The number of carbonyl (C=O) groups is 1. The Morgan fingerprint density at radius 1 is 0.949 bits per heavy atom. The molecule has 0 bridgehead atoms. The molecule has 5 aromatic rings. The van der Waals surface area contributed by atoms with E-state index in [9.17, 15) is 18.0 Å². The average molecular weight is 691 g/mol. The molecule has 8 nitrogen and oxygen atoms in total. The third kappa shape index (κ3) is 5.66. The normalized spacial score (nSPS) is 11.4. The van der Waals surface area contributed by atoms with E-state index in [1.807, 2.05) is 60.4 Å². The van der Waals surface area contributed by atoms with E-state index in [1.54, 1.807) is 28.8 Å². The summed E-state index contributed by atoms with van der Waals surface area (Å²) in [5.41, 5.74) is 3.52. The van der Waals surface area contributed by atoms with Gasteiger partial charge in [0.05, 0.1) is 10.0 Å². The molecular weight excluding hydrogens is 671 g/mol. The SMILES string of the molecule is CNc1ccc2c(=O)n(-c3ccc(NC(=O)NS(=O)(=O)c4ccc(Cl)s4)cc3I)cc(-c3ccccc3)c2c1. The first kappa shape index (κ1) is 27.2. The number of nitrogens with one attached hydrogen (secondary N) is 3. The van der Waals surface area contributed by atoms with E-state index >= 15 is 0 Å². The quantitative estimate of drug-likeness (QED) is 0.176. The number of rotatable bonds is 6. The highest BCUT2D eigenvalue weighted by Gasteiger charge is 2.20. The predicted octanol–water partition coefficient (Wildman–Crippen LogP) is 6.53. The van der Waals surface area contributed by atoms with Crippen molar-refractivity contribution in [1.29, 1.82) is 0 Å². The van der Waals surface area contributed by atoms with Gasteiger partial charge in [0.15, 0.2) is 0 Å². The standard InChI is InChI=1S/C27H20ClIN4O4S2/c1-30-17-7-9-19-20(13-17)21(16-5-3-2-4-6-16)15-33(26(19)34)23-10-8-18(14-22(23)29)31-27(35)32-39(36,37)25-12-11-24(28)38-25/h2-15,30H,1H3,(H2,31,32,35). The molecule has 0 aliphatic rings. The molecule has 0 saturated heterocycles. The van der Waals surface area contributed by atoms with Gasteiger partial charge in [-0.1, -0.05) is 41.9 Å². The van der Waals surface area contributed by atoms with E-state index in [0.717, 1.165) is 33.5 Å². The van der Waals surface area contributed by atoms with Gasteiger partial charge in [0, 0.05) is 39.1 Å². The van der Waals surface area contributed by atoms with Crippen LogP contribution in [-0.2, 0) is 10.0 Å². The number of benzene rings is 3. The van der Waals surface area contributed by atoms with Crippen LogP contribution in [0.3, 0.4) is 0 Å². The van der Waals surface area contributed by atoms with Gasteiger partial charge in [-0.25, -0.2) is 17.9 Å². The number of hydrogen-bond acceptors (Lipinski definition) is 6. The number of urea groups is 1. The van der Waals surface area contributed by atoms with Gasteiger partial charge in [-0.3, -0.25) is 9.36 Å². The summed E-state index contributed by atoms with van der Waals surface area (Å²) >= 11 is 8.74. The summed E-state index contributed by atoms with van der Waals surface area (Å²) in [4.78, 5) is 26.0. The summed E-state index contributed by atoms with van der Waals surface area (Å²) in [7, 11) is -2.23. The van der Waals surface area contributed by atoms with Crippen molar-refractivity contribution in [3.63, 3.8) is 0 Å². The Morgan fingerprint density at radius 3 is 2.36 bits per heavy atom. The highest BCUT2D eigenvalue weighted by atomic mass is 127. The maximum atomic E-state index is 13.6. The maximum absolute atomic E-state index is 13.6. The Morgan fingerprint density at radius 2 is 1.69 bits per heavy atom. The highest BCUT2D eigenvalue weighted by Crippen LogP contribution is 2.31. The number of sulfonamides is 1. The van der Waals surface area contributed by atoms with E-state index in [4.69, 9.17) is 11.6 Å². The third-order valence-corrected chi connectivity index (χ3v) is 9.81. The number of hydrogen-bond donors (Lipinski definition) is 3. The van der Waals surface area contributed by atoms with Crippen LogP contribution in [-0.4, -0.2) is 26.1 Å². The fourth-order valence-corrected chi connectivity index (χ4v) is 7.24. The predicted molar refractivity (Wildman–Crippen MR) is 166 cm³/mol. The van der Waals surface area contributed by atoms with Crippen molar-refractivity contribution in [2.75, 3.05) is 17.7 Å². The summed E-state index contributed by atoms with van der Waals surface area (Å²) < 4.78 is 29.3. The molecule has 0 spiro atoms. The van der Waals surface area contributed by atoms with Gasteiger partial charge in [-0.15, -0.1) is 11.3 Å². The second-order valence-electron chi connectivity index (χ2n) is 8.38. The molecule has 2 aromatic heterocycles. The van der Waals surface area contributed by atoms with Gasteiger partial charge in [0.25, 0.3) is 15.6 Å². The monoisotopic (exact) mass is 690 g/mol. The molecule has 39 heavy (non-hydrogen) atoms. The molecule has 198 valence electrons. The van der Waals surface area contributed by atoms with Crippen LogP contribution in [0.2, 0.25) is 4.34 Å². The maximum Gasteiger partial charge on any atom is 0.333 e. The molecule has 5 rings (SSSR count). The number of fused-ring (bicyclic) bond motifs is 1. The molecule has 2 heterocycles. The number of thiophene rings is 1. The van der Waals surface area contributed by atoms with E-state index in [1.165, 1.54) is 12.1 Å². The topological polar surface area (TPSA) is 109 Å². The molecular formula is C27H20ClIN4O4S2. The minimum absolute atomic E-state index is 0.0701. The Kier molecular flexibility index (Phi) is 7.67. The van der Waals surface area contributed by atoms with Crippen LogP contribution in [0.15, 0.2) is 94.1 Å². The van der Waals surface area contributed by atoms with Crippen molar-refractivity contribution in [1.82, 2.24) is 9.29 Å². The second-order valence-corrected chi connectivity index (χ2v) is 13.2. The van der Waals surface area contributed by atoms with Crippen molar-refractivity contribution in [2.45, 2.75) is 4.21 Å². The number of aromatic nitrogens is 1. The van der Waals surface area contributed by atoms with Crippen LogP contribution in [0.5, 0.6) is 0 Å². The molecule has 0 radical (unpaired) electrons. The molecule has 0 aliphatic heterocycles. The summed E-state index contributed by atoms with van der Waals surface area (Å²) in [6.07, 6.45) is 1.81. The number of carbonyl (C=O) groups excluding carboxylic acids is 1. The second kappa shape index (κ2) is 11.0. The first-order valence-electron chi connectivity index (χ1n) is 11.5. The fraction of sp³-hybridized carbons (Fsp3) is 0.0370. The minimum Gasteiger partial charge on any atom is -0.388 e. The lowest BCUT2D eigenvalue weighted by molar-refractivity contribution is 0.256. The molecule has 0 saturated carbocycles. The van der Waals surface area contributed by atoms with Crippen LogP contribution in [0, 0.1) is 3.57 Å². The van der Waals surface area contributed by atoms with Crippen LogP contribution in [0.4, 0.5) is 16.2 Å². The number of anilines is 2. The molecule has 12 heteroatoms. The molecule has 3 aromatic carbocycles. The number of halogens is 2. The number of amides is 2. The zero-order valence-electron chi connectivity index (χ0n) is 20.2. The van der Waals surface area contributed by atoms with E-state index in [0.29, 0.717) is 24.7 Å². The van der Waals surface area contributed by atoms with Gasteiger partial charge in [0.2, 0.25) is 0 Å². The summed E-state index contributed by atoms with van der Waals surface area (Å²) in [5, 5.41) is 7.05. The van der Waals surface area contributed by atoms with Gasteiger partial charge in [0.1, 0.15) is 4.21 Å². The molecule has 0 unspecified atom stereocenters. The van der Waals surface area contributed by atoms with Gasteiger partial charge in [-0.05, 0) is 82.1 Å². The first-order valence-corrected chi connectivity index (χ1v) is 15.2. The summed E-state index contributed by atoms with van der Waals surface area (Å²) in [6.45, 7) is 0. The zero-order valence-corrected chi connectivity index (χ0v) is 24.8. The van der Waals surface area contributed by atoms with Crippen LogP contribution < -0.4 is 20.9 Å². The first-order chi connectivity index (χ1) is 18.7. The third-order valence-electron chi connectivity index (χ3n) is 5.90. The molecule has 3 N–H and O–H groups in total. The van der Waals surface area contributed by atoms with Crippen molar-refractivity contribution >= 4 is 83.7 Å². The van der Waals surface area contributed by atoms with Crippen LogP contribution in [0.25, 0.3) is 27.6 Å². The number of pyridine rings is 1. The zero-order chi connectivity index (χ0) is 27.7. The summed E-state index contributed by atoms with van der Waals surface area (Å²) in [5.74, 6) is 0. The highest BCUT2D eigenvalue weighted by molar-refractivity contribution is 14.1. The van der Waals surface area contributed by atoms with Crippen molar-refractivity contribution in [3.8, 4) is 16.8 Å². The number of nitrogens with zero attached hydrogens (tertiary/aromatic N) is 1. The van der Waals surface area contributed by atoms with Crippen LogP contribution >= 0.6 is 45.5 Å². The van der Waals surface area contributed by atoms with Crippen molar-refractivity contribution in [3.05, 3.63) is 103 Å². The Labute approximate surface area is 246 Å². The lowest BCUT2D eigenvalue weighted by Gasteiger charge is -2.16. The van der Waals surface area contributed by atoms with E-state index in [-0.39, 0.29) is 9.77 Å². The van der Waals surface area contributed by atoms with Crippen molar-refractivity contribution < 1.29 is 13.2 Å². The molecule has 2 amide bonds. The molecule has 0 aliphatic carbocycles. The molecule has 0 fully saturated rings. The van der Waals surface area contributed by atoms with E-state index < -0.39 is 16.1 Å². The van der Waals surface area contributed by atoms with Gasteiger partial charge in [-0.2, -0.15) is 0 Å². The fourth-order valence-electron chi connectivity index (χ4n) is 4.07. The van der Waals surface area contributed by atoms with Crippen molar-refractivity contribution in [2.24, 2.45) is 0 Å². The summed E-state index contributed by atoms with van der Waals surface area (Å²) in [6, 6.07) is 22.2. The van der Waals surface area contributed by atoms with Gasteiger partial charge >= 0.3 is 6.03 Å². The Balaban J connectivity index is 1.50.